The summed E-state index contributed by atoms with van der Waals surface area (Å²) in [7, 11) is -1.13. The number of hydrogen-bond donors (Lipinski definition) is 3. The summed E-state index contributed by atoms with van der Waals surface area (Å²) in [5.74, 6) is -1.06. The van der Waals surface area contributed by atoms with Crippen molar-refractivity contribution in [2.45, 2.75) is 86.9 Å². The van der Waals surface area contributed by atoms with Gasteiger partial charge in [0, 0.05) is 23.1 Å². The van der Waals surface area contributed by atoms with Gasteiger partial charge in [0.15, 0.2) is 10.1 Å². The quantitative estimate of drug-likeness (QED) is 0.148. The van der Waals surface area contributed by atoms with Crippen LogP contribution < -0.4 is 29.6 Å². The molecule has 16 heteroatoms. The average molecular weight is 734 g/mol. The summed E-state index contributed by atoms with van der Waals surface area (Å²) in [5.41, 5.74) is -2.16. The van der Waals surface area contributed by atoms with E-state index in [1.165, 1.54) is 24.3 Å². The predicted octanol–water partition coefficient (Wildman–Crippen LogP) is 3.10. The van der Waals surface area contributed by atoms with Gasteiger partial charge in [0.1, 0.15) is 40.8 Å². The van der Waals surface area contributed by atoms with E-state index in [1.807, 2.05) is 20.8 Å². The fourth-order valence-corrected chi connectivity index (χ4v) is 7.51. The third kappa shape index (κ3) is 7.43. The molecule has 1 aliphatic heterocycles. The first kappa shape index (κ1) is 37.0. The van der Waals surface area contributed by atoms with Crippen LogP contribution in [-0.4, -0.2) is 90.3 Å². The molecule has 1 aromatic heterocycles. The number of nitrogens with one attached hydrogen (secondary N) is 3. The number of hydrogen-bond acceptors (Lipinski definition) is 11. The highest BCUT2D eigenvalue weighted by atomic mass is 35.5. The Hall–Kier alpha value is -4.24. The van der Waals surface area contributed by atoms with Gasteiger partial charge in [0.2, 0.25) is 17.7 Å². The number of carbonyl (C=O) groups is 3. The third-order valence-electron chi connectivity index (χ3n) is 8.95. The number of halogens is 1. The highest BCUT2D eigenvalue weighted by Crippen LogP contribution is 2.49. The number of benzene rings is 1. The first-order valence-corrected chi connectivity index (χ1v) is 18.1. The Kier molecular flexibility index (Phi) is 9.98. The van der Waals surface area contributed by atoms with E-state index < -0.39 is 67.2 Å². The van der Waals surface area contributed by atoms with Crippen molar-refractivity contribution in [3.05, 3.63) is 49.5 Å². The van der Waals surface area contributed by atoms with E-state index in [-0.39, 0.29) is 44.0 Å². The van der Waals surface area contributed by atoms with Crippen molar-refractivity contribution in [1.29, 1.82) is 0 Å². The molecule has 0 spiro atoms. The number of nitrogens with zero attached hydrogens (tertiary/aromatic N) is 2. The molecule has 5 rings (SSSR count). The molecular weight excluding hydrogens is 690 g/mol. The number of aromatic nitrogens is 1. The second kappa shape index (κ2) is 13.5. The SMILES string of the molecule is C=C[C@@H]1C[C@]1(NC(=O)[C@@H]1C[C@@H](Oc2ncc(OC)c3cc(OC)ccc23)CN1C(=O)[C@H](C)NC(=C)OC(C)(C)C)C(=O)NS(=O)(=O)C1(Cl)CC1. The lowest BCUT2D eigenvalue weighted by Crippen LogP contribution is -2.58. The lowest BCUT2D eigenvalue weighted by Gasteiger charge is -2.30. The van der Waals surface area contributed by atoms with Crippen molar-refractivity contribution < 1.29 is 41.7 Å². The van der Waals surface area contributed by atoms with E-state index in [2.05, 4.69) is 33.5 Å². The second-order valence-corrected chi connectivity index (χ2v) is 16.8. The van der Waals surface area contributed by atoms with Crippen LogP contribution in [-0.2, 0) is 29.1 Å². The number of sulfonamides is 1. The molecule has 272 valence electrons. The van der Waals surface area contributed by atoms with Crippen LogP contribution >= 0.6 is 11.6 Å². The maximum atomic E-state index is 14.1. The highest BCUT2D eigenvalue weighted by molar-refractivity contribution is 7.93. The Morgan fingerprint density at radius 3 is 2.44 bits per heavy atom. The van der Waals surface area contributed by atoms with Gasteiger partial charge >= 0.3 is 0 Å². The molecule has 3 aliphatic rings. The van der Waals surface area contributed by atoms with Gasteiger partial charge in [0.05, 0.1) is 27.0 Å². The van der Waals surface area contributed by atoms with E-state index in [0.717, 1.165) is 0 Å². The first-order valence-electron chi connectivity index (χ1n) is 16.2. The summed E-state index contributed by atoms with van der Waals surface area (Å²) >= 11 is 6.13. The normalized spacial score (nSPS) is 24.4. The Morgan fingerprint density at radius 1 is 1.16 bits per heavy atom. The number of pyridine rings is 1. The van der Waals surface area contributed by atoms with Crippen LogP contribution in [0.5, 0.6) is 17.4 Å². The molecule has 0 bridgehead atoms. The smallest absolute Gasteiger partial charge is 0.259 e. The van der Waals surface area contributed by atoms with Crippen LogP contribution in [0.1, 0.15) is 53.4 Å². The molecular formula is C34H44ClN5O9S. The number of amides is 3. The minimum atomic E-state index is -4.20. The molecule has 5 atom stereocenters. The third-order valence-corrected chi connectivity index (χ3v) is 11.8. The molecule has 2 aliphatic carbocycles. The van der Waals surface area contributed by atoms with Gasteiger partial charge in [-0.3, -0.25) is 14.4 Å². The summed E-state index contributed by atoms with van der Waals surface area (Å²) in [5, 5.41) is 7.01. The van der Waals surface area contributed by atoms with Crippen molar-refractivity contribution in [2.75, 3.05) is 20.8 Å². The van der Waals surface area contributed by atoms with E-state index in [9.17, 15) is 22.8 Å². The number of alkyl halides is 1. The highest BCUT2D eigenvalue weighted by Gasteiger charge is 2.63. The van der Waals surface area contributed by atoms with Crippen molar-refractivity contribution in [3.8, 4) is 17.4 Å². The zero-order chi connectivity index (χ0) is 36.8. The number of ether oxygens (including phenoxy) is 4. The van der Waals surface area contributed by atoms with Crippen LogP contribution in [0.4, 0.5) is 0 Å². The van der Waals surface area contributed by atoms with Gasteiger partial charge in [-0.2, -0.15) is 0 Å². The Labute approximate surface area is 296 Å². The lowest BCUT2D eigenvalue weighted by molar-refractivity contribution is -0.141. The van der Waals surface area contributed by atoms with E-state index in [1.54, 1.807) is 32.2 Å². The van der Waals surface area contributed by atoms with Crippen molar-refractivity contribution >= 4 is 50.1 Å². The fourth-order valence-electron chi connectivity index (χ4n) is 6.05. The summed E-state index contributed by atoms with van der Waals surface area (Å²) in [6.07, 6.45) is 2.85. The Morgan fingerprint density at radius 2 is 1.86 bits per heavy atom. The van der Waals surface area contributed by atoms with Crippen LogP contribution in [0, 0.1) is 5.92 Å². The second-order valence-electron chi connectivity index (χ2n) is 13.9. The van der Waals surface area contributed by atoms with Gasteiger partial charge in [-0.25, -0.2) is 18.1 Å². The summed E-state index contributed by atoms with van der Waals surface area (Å²) in [6.45, 7) is 14.7. The van der Waals surface area contributed by atoms with Crippen LogP contribution in [0.15, 0.2) is 49.5 Å². The maximum absolute atomic E-state index is 14.1. The number of fused-ring (bicyclic) bond motifs is 1. The molecule has 1 aromatic carbocycles. The van der Waals surface area contributed by atoms with E-state index >= 15 is 0 Å². The van der Waals surface area contributed by atoms with Crippen LogP contribution in [0.2, 0.25) is 0 Å². The van der Waals surface area contributed by atoms with Crippen LogP contribution in [0.3, 0.4) is 0 Å². The fraction of sp³-hybridized carbons (Fsp3) is 0.529. The molecule has 3 fully saturated rings. The van der Waals surface area contributed by atoms with E-state index in [0.29, 0.717) is 22.3 Å². The monoisotopic (exact) mass is 733 g/mol. The van der Waals surface area contributed by atoms with Gasteiger partial charge in [0.25, 0.3) is 15.9 Å². The van der Waals surface area contributed by atoms with Crippen molar-refractivity contribution in [3.63, 3.8) is 0 Å². The minimum Gasteiger partial charge on any atom is -0.497 e. The average Bonchev–Trinajstić information content (AvgIpc) is 3.93. The minimum absolute atomic E-state index is 0.00582. The summed E-state index contributed by atoms with van der Waals surface area (Å²) < 4.78 is 49.1. The Bertz CT molecular complexity index is 1830. The molecule has 2 saturated carbocycles. The predicted molar refractivity (Wildman–Crippen MR) is 186 cm³/mol. The zero-order valence-corrected chi connectivity index (χ0v) is 30.6. The van der Waals surface area contributed by atoms with Crippen LogP contribution in [0.25, 0.3) is 10.8 Å². The zero-order valence-electron chi connectivity index (χ0n) is 29.0. The van der Waals surface area contributed by atoms with Gasteiger partial charge in [-0.15, -0.1) is 6.58 Å². The molecule has 0 radical (unpaired) electrons. The number of rotatable bonds is 14. The van der Waals surface area contributed by atoms with Crippen molar-refractivity contribution in [2.24, 2.45) is 5.92 Å². The number of likely N-dealkylation sites (tertiary alicyclic amines) is 1. The van der Waals surface area contributed by atoms with E-state index in [4.69, 9.17) is 30.5 Å². The number of methoxy groups -OCH3 is 2. The summed E-state index contributed by atoms with van der Waals surface area (Å²) in [4.78, 5) is 47.3. The largest absolute Gasteiger partial charge is 0.497 e. The molecule has 50 heavy (non-hydrogen) atoms. The lowest BCUT2D eigenvalue weighted by atomic mass is 10.1. The molecule has 3 N–H and O–H groups in total. The topological polar surface area (TPSA) is 174 Å². The van der Waals surface area contributed by atoms with Crippen molar-refractivity contribution in [1.82, 2.24) is 25.2 Å². The Balaban J connectivity index is 1.41. The molecule has 2 aromatic rings. The summed E-state index contributed by atoms with van der Waals surface area (Å²) in [6, 6.07) is 3.35. The maximum Gasteiger partial charge on any atom is 0.259 e. The molecule has 0 unspecified atom stereocenters. The molecule has 14 nitrogen and oxygen atoms in total. The first-order chi connectivity index (χ1) is 23.4. The van der Waals surface area contributed by atoms with Gasteiger partial charge in [-0.1, -0.05) is 17.7 Å². The standard InChI is InChI=1S/C34H44ClN5O9S/c1-9-21-16-34(21,31(43)39-50(44,45)33(35)12-13-33)38-28(41)26-15-23(18-40(26)30(42)19(2)37-20(3)49-32(4,5)6)48-29-24-11-10-22(46-7)14-25(24)27(47-8)17-36-29/h9-11,14,17,19,21,23,26,37H,1,3,12-13,15-16,18H2,2,4-8H3,(H,38,41)(H,39,43)/t19-,21+,23+,26-,34+/m0/s1. The van der Waals surface area contributed by atoms with Gasteiger partial charge < -0.3 is 34.5 Å². The molecule has 2 heterocycles. The molecule has 3 amide bonds. The molecule has 1 saturated heterocycles. The van der Waals surface area contributed by atoms with Gasteiger partial charge in [-0.05, 0) is 71.7 Å². The number of carbonyl (C=O) groups excluding carboxylic acids is 3.